The minimum atomic E-state index is -0.224. The lowest BCUT2D eigenvalue weighted by atomic mass is 10.1. The molecule has 28 heavy (non-hydrogen) atoms. The number of anilines is 3. The van der Waals surface area contributed by atoms with Gasteiger partial charge in [-0.25, -0.2) is 0 Å². The third kappa shape index (κ3) is 4.40. The van der Waals surface area contributed by atoms with Crippen molar-refractivity contribution in [1.29, 1.82) is 10.5 Å². The van der Waals surface area contributed by atoms with Crippen molar-refractivity contribution in [2.45, 2.75) is 0 Å². The molecular formula is C21H21N5O2. The first-order chi connectivity index (χ1) is 13.6. The topological polar surface area (TPSA) is 92.4 Å². The fourth-order valence-electron chi connectivity index (χ4n) is 3.21. The summed E-state index contributed by atoms with van der Waals surface area (Å²) in [4.78, 5) is 16.3. The van der Waals surface area contributed by atoms with E-state index < -0.39 is 0 Å². The van der Waals surface area contributed by atoms with Crippen molar-refractivity contribution in [1.82, 2.24) is 0 Å². The van der Waals surface area contributed by atoms with Crippen molar-refractivity contribution in [3.8, 4) is 12.1 Å². The van der Waals surface area contributed by atoms with Crippen molar-refractivity contribution in [2.75, 3.05) is 55.0 Å². The average Bonchev–Trinajstić information content (AvgIpc) is 2.74. The van der Waals surface area contributed by atoms with Crippen LogP contribution in [0, 0.1) is 22.7 Å². The van der Waals surface area contributed by atoms with Crippen LogP contribution in [-0.2, 0) is 9.53 Å². The predicted octanol–water partition coefficient (Wildman–Crippen LogP) is 2.34. The van der Waals surface area contributed by atoms with Gasteiger partial charge in [0.1, 0.15) is 12.1 Å². The van der Waals surface area contributed by atoms with E-state index in [4.69, 9.17) is 4.74 Å². The Balaban J connectivity index is 1.64. The second kappa shape index (κ2) is 8.90. The summed E-state index contributed by atoms with van der Waals surface area (Å²) in [6.45, 7) is 3.18. The second-order valence-electron chi connectivity index (χ2n) is 6.48. The first-order valence-electron chi connectivity index (χ1n) is 8.99. The van der Waals surface area contributed by atoms with Crippen LogP contribution in [0.1, 0.15) is 11.1 Å². The van der Waals surface area contributed by atoms with Crippen molar-refractivity contribution in [2.24, 2.45) is 0 Å². The van der Waals surface area contributed by atoms with Gasteiger partial charge in [0.25, 0.3) is 0 Å². The van der Waals surface area contributed by atoms with Gasteiger partial charge in [-0.2, -0.15) is 10.5 Å². The van der Waals surface area contributed by atoms with Crippen LogP contribution in [0.25, 0.3) is 0 Å². The van der Waals surface area contributed by atoms with E-state index in [0.29, 0.717) is 22.5 Å². The van der Waals surface area contributed by atoms with Crippen LogP contribution in [0.4, 0.5) is 17.1 Å². The van der Waals surface area contributed by atoms with E-state index in [1.807, 2.05) is 24.3 Å². The Bertz CT molecular complexity index is 889. The average molecular weight is 375 g/mol. The quantitative estimate of drug-likeness (QED) is 0.862. The summed E-state index contributed by atoms with van der Waals surface area (Å²) in [5.74, 6) is -0.224. The van der Waals surface area contributed by atoms with E-state index in [-0.39, 0.29) is 12.5 Å². The van der Waals surface area contributed by atoms with Gasteiger partial charge in [-0.1, -0.05) is 6.07 Å². The summed E-state index contributed by atoms with van der Waals surface area (Å²) in [5, 5.41) is 21.4. The molecule has 0 bridgehead atoms. The van der Waals surface area contributed by atoms with Gasteiger partial charge in [-0.05, 0) is 36.4 Å². The zero-order valence-corrected chi connectivity index (χ0v) is 15.7. The Hall–Kier alpha value is -3.55. The number of benzene rings is 2. The predicted molar refractivity (Wildman–Crippen MR) is 107 cm³/mol. The zero-order valence-electron chi connectivity index (χ0n) is 15.7. The standard InChI is InChI=1S/C21H21N5O2/c1-25(21-16(13-22)3-2-4-17(21)14-23)15-20(27)24-18-5-7-19(8-6-18)26-9-11-28-12-10-26/h2-8H,9-12,15H2,1H3,(H,24,27). The number of nitriles is 2. The number of morpholine rings is 1. The lowest BCUT2D eigenvalue weighted by Gasteiger charge is -2.29. The Morgan fingerprint density at radius 2 is 1.71 bits per heavy atom. The number of hydrogen-bond donors (Lipinski definition) is 1. The van der Waals surface area contributed by atoms with E-state index in [0.717, 1.165) is 32.0 Å². The molecular weight excluding hydrogens is 354 g/mol. The van der Waals surface area contributed by atoms with E-state index in [9.17, 15) is 15.3 Å². The summed E-state index contributed by atoms with van der Waals surface area (Å²) >= 11 is 0. The number of para-hydroxylation sites is 1. The lowest BCUT2D eigenvalue weighted by Crippen LogP contribution is -2.36. The summed E-state index contributed by atoms with van der Waals surface area (Å²) < 4.78 is 5.36. The number of carbonyl (C=O) groups excluding carboxylic acids is 1. The minimum absolute atomic E-state index is 0.0264. The molecule has 142 valence electrons. The molecule has 0 aliphatic carbocycles. The molecule has 0 spiro atoms. The molecule has 7 nitrogen and oxygen atoms in total. The molecule has 0 unspecified atom stereocenters. The van der Waals surface area contributed by atoms with Crippen LogP contribution in [0.2, 0.25) is 0 Å². The highest BCUT2D eigenvalue weighted by Crippen LogP contribution is 2.24. The Kier molecular flexibility index (Phi) is 6.11. The van der Waals surface area contributed by atoms with Crippen LogP contribution < -0.4 is 15.1 Å². The third-order valence-electron chi connectivity index (χ3n) is 4.57. The molecule has 7 heteroatoms. The molecule has 1 amide bonds. The van der Waals surface area contributed by atoms with Crippen molar-refractivity contribution in [3.63, 3.8) is 0 Å². The Morgan fingerprint density at radius 3 is 2.29 bits per heavy atom. The highest BCUT2D eigenvalue weighted by atomic mass is 16.5. The smallest absolute Gasteiger partial charge is 0.243 e. The molecule has 3 rings (SSSR count). The van der Waals surface area contributed by atoms with E-state index in [1.165, 1.54) is 0 Å². The van der Waals surface area contributed by atoms with Crippen molar-refractivity contribution >= 4 is 23.0 Å². The highest BCUT2D eigenvalue weighted by molar-refractivity contribution is 5.94. The van der Waals surface area contributed by atoms with Gasteiger partial charge in [0.05, 0.1) is 36.6 Å². The van der Waals surface area contributed by atoms with E-state index in [2.05, 4.69) is 22.4 Å². The molecule has 0 aromatic heterocycles. The number of hydrogen-bond acceptors (Lipinski definition) is 6. The molecule has 1 fully saturated rings. The molecule has 0 atom stereocenters. The third-order valence-corrected chi connectivity index (χ3v) is 4.57. The molecule has 2 aromatic rings. The van der Waals surface area contributed by atoms with E-state index >= 15 is 0 Å². The SMILES string of the molecule is CN(CC(=O)Nc1ccc(N2CCOCC2)cc1)c1c(C#N)cccc1C#N. The summed E-state index contributed by atoms with van der Waals surface area (Å²) in [6.07, 6.45) is 0. The first kappa shape index (κ1) is 19.2. The summed E-state index contributed by atoms with van der Waals surface area (Å²) in [7, 11) is 1.69. The van der Waals surface area contributed by atoms with Gasteiger partial charge in [0.2, 0.25) is 5.91 Å². The molecule has 1 heterocycles. The van der Waals surface area contributed by atoms with Crippen molar-refractivity contribution in [3.05, 3.63) is 53.6 Å². The number of ether oxygens (including phenoxy) is 1. The zero-order chi connectivity index (χ0) is 19.9. The normalized spacial score (nSPS) is 13.3. The molecule has 2 aromatic carbocycles. The van der Waals surface area contributed by atoms with Gasteiger partial charge in [0, 0.05) is 31.5 Å². The van der Waals surface area contributed by atoms with Gasteiger partial charge >= 0.3 is 0 Å². The largest absolute Gasteiger partial charge is 0.378 e. The van der Waals surface area contributed by atoms with Gasteiger partial charge in [-0.3, -0.25) is 4.79 Å². The molecule has 1 aliphatic heterocycles. The van der Waals surface area contributed by atoms with Gasteiger partial charge in [0.15, 0.2) is 0 Å². The second-order valence-corrected chi connectivity index (χ2v) is 6.48. The Morgan fingerprint density at radius 1 is 1.11 bits per heavy atom. The van der Waals surface area contributed by atoms with Gasteiger partial charge < -0.3 is 19.9 Å². The minimum Gasteiger partial charge on any atom is -0.378 e. The monoisotopic (exact) mass is 375 g/mol. The molecule has 1 N–H and O–H groups in total. The number of rotatable bonds is 5. The molecule has 1 aliphatic rings. The maximum absolute atomic E-state index is 12.4. The number of likely N-dealkylation sites (N-methyl/N-ethyl adjacent to an activating group) is 1. The number of amides is 1. The summed E-state index contributed by atoms with van der Waals surface area (Å²) in [5.41, 5.74) is 2.99. The number of nitrogens with one attached hydrogen (secondary N) is 1. The first-order valence-corrected chi connectivity index (χ1v) is 8.99. The fourth-order valence-corrected chi connectivity index (χ4v) is 3.21. The molecule has 0 radical (unpaired) electrons. The summed E-state index contributed by atoms with van der Waals surface area (Å²) in [6, 6.07) is 16.8. The molecule has 0 saturated carbocycles. The fraction of sp³-hybridized carbons (Fsp3) is 0.286. The van der Waals surface area contributed by atoms with Crippen LogP contribution in [0.3, 0.4) is 0 Å². The maximum atomic E-state index is 12.4. The maximum Gasteiger partial charge on any atom is 0.243 e. The lowest BCUT2D eigenvalue weighted by molar-refractivity contribution is -0.114. The van der Waals surface area contributed by atoms with Crippen LogP contribution in [-0.4, -0.2) is 45.8 Å². The number of nitrogens with zero attached hydrogens (tertiary/aromatic N) is 4. The van der Waals surface area contributed by atoms with Gasteiger partial charge in [-0.15, -0.1) is 0 Å². The number of carbonyl (C=O) groups is 1. The van der Waals surface area contributed by atoms with E-state index in [1.54, 1.807) is 30.1 Å². The van der Waals surface area contributed by atoms with Crippen LogP contribution >= 0.6 is 0 Å². The van der Waals surface area contributed by atoms with Crippen LogP contribution in [0.15, 0.2) is 42.5 Å². The molecule has 1 saturated heterocycles. The van der Waals surface area contributed by atoms with Crippen molar-refractivity contribution < 1.29 is 9.53 Å². The Labute approximate surface area is 164 Å². The van der Waals surface area contributed by atoms with Crippen LogP contribution in [0.5, 0.6) is 0 Å². The highest BCUT2D eigenvalue weighted by Gasteiger charge is 2.16.